The summed E-state index contributed by atoms with van der Waals surface area (Å²) in [6.45, 7) is 8.70. The third kappa shape index (κ3) is 13.8. The highest BCUT2D eigenvalue weighted by Gasteiger charge is 2.42. The first-order valence-electron chi connectivity index (χ1n) is 22.5. The van der Waals surface area contributed by atoms with Gasteiger partial charge in [0.05, 0.1) is 57.5 Å². The van der Waals surface area contributed by atoms with E-state index in [1.807, 2.05) is 0 Å². The molecule has 376 valence electrons. The molecule has 2 unspecified atom stereocenters. The molecule has 2 amide bonds. The van der Waals surface area contributed by atoms with Gasteiger partial charge in [-0.05, 0) is 143 Å². The van der Waals surface area contributed by atoms with Crippen LogP contribution in [0, 0.1) is 12.8 Å². The molecule has 1 heterocycles. The molecule has 0 saturated carbocycles. The second-order valence-corrected chi connectivity index (χ2v) is 20.9. The van der Waals surface area contributed by atoms with Crippen molar-refractivity contribution < 1.29 is 56.9 Å². The van der Waals surface area contributed by atoms with E-state index < -0.39 is 20.9 Å². The standard InChI is InChI=1S/C49H55N7O12S3/c1-5-49(28-33(27-48(3,4)55-49)11-10-32-8-6-31(2)7-9-32)22-23-56(30-57)45(58)29-50-36-13-12-34-24-44(70-68-66-61)46(47(59)40(34)25-36)54-53-43-21-20-42(39-19-18-38(26-41(39)43)71(62,63)64)52-51-35-14-16-37(17-15-35)69-67-65-60/h6-9,12-21,24-26,30,33,50,53-55,59-61H,5,10-11,22-23,27-29H2,1-4H3,(H,62,63,64). The SMILES string of the molecule is CCC1(CCN(C=O)C(=O)CNc2ccc3cc(SOOO)c(NNc4ccc(N=Nc5ccc(SOOO)cc5)c5ccc(S(=O)(=O)O)cc45)c(O)c3c2)CC(CCc2ccc(C)cc2)CC(C)(C)N1. The number of nitrogens with one attached hydrogen (secondary N) is 4. The molecular formula is C49H55N7O12S3. The van der Waals surface area contributed by atoms with Crippen LogP contribution in [-0.4, -0.2) is 70.0 Å². The maximum Gasteiger partial charge on any atom is 0.294 e. The quantitative estimate of drug-likeness (QED) is 0.00564. The van der Waals surface area contributed by atoms with Gasteiger partial charge in [-0.15, -0.1) is 13.8 Å². The molecule has 22 heteroatoms. The van der Waals surface area contributed by atoms with Crippen LogP contribution < -0.4 is 21.5 Å². The number of hydrogen-bond acceptors (Lipinski definition) is 19. The summed E-state index contributed by atoms with van der Waals surface area (Å²) >= 11 is 1.35. The number of fused-ring (bicyclic) bond motifs is 2. The van der Waals surface area contributed by atoms with Crippen LogP contribution in [-0.2, 0) is 44.9 Å². The number of hydrazine groups is 1. The molecular weight excluding hydrogens is 975 g/mol. The number of benzene rings is 6. The molecule has 0 aliphatic carbocycles. The molecule has 0 spiro atoms. The van der Waals surface area contributed by atoms with Gasteiger partial charge < -0.3 is 21.2 Å². The lowest BCUT2D eigenvalue weighted by molar-refractivity contribution is -0.432. The van der Waals surface area contributed by atoms with Crippen LogP contribution in [0.25, 0.3) is 21.5 Å². The van der Waals surface area contributed by atoms with Gasteiger partial charge in [-0.25, -0.2) is 10.5 Å². The molecule has 19 nitrogen and oxygen atoms in total. The second kappa shape index (κ2) is 23.6. The molecule has 1 fully saturated rings. The monoisotopic (exact) mass is 1030 g/mol. The number of rotatable bonds is 23. The number of anilines is 3. The summed E-state index contributed by atoms with van der Waals surface area (Å²) in [7, 11) is -4.64. The van der Waals surface area contributed by atoms with Crippen molar-refractivity contribution in [2.75, 3.05) is 29.3 Å². The number of hydrogen-bond donors (Lipinski definition) is 8. The number of imide groups is 1. The topological polar surface area (TPSA) is 262 Å². The zero-order chi connectivity index (χ0) is 50.8. The van der Waals surface area contributed by atoms with E-state index in [0.29, 0.717) is 68.9 Å². The van der Waals surface area contributed by atoms with Crippen LogP contribution in [0.15, 0.2) is 128 Å². The first-order chi connectivity index (χ1) is 34.0. The number of nitrogens with zero attached hydrogens (tertiary/aromatic N) is 3. The third-order valence-electron chi connectivity index (χ3n) is 12.5. The van der Waals surface area contributed by atoms with Crippen LogP contribution in [0.3, 0.4) is 0 Å². The van der Waals surface area contributed by atoms with Crippen molar-refractivity contribution in [3.05, 3.63) is 114 Å². The maximum absolute atomic E-state index is 13.6. The molecule has 2 atom stereocenters. The zero-order valence-electron chi connectivity index (χ0n) is 39.2. The third-order valence-corrected chi connectivity index (χ3v) is 14.6. The molecule has 0 bridgehead atoms. The number of amides is 2. The Morgan fingerprint density at radius 3 is 2.34 bits per heavy atom. The van der Waals surface area contributed by atoms with E-state index in [4.69, 9.17) is 14.8 Å². The van der Waals surface area contributed by atoms with Crippen molar-refractivity contribution in [3.63, 3.8) is 0 Å². The number of piperidine rings is 1. The summed E-state index contributed by atoms with van der Waals surface area (Å²) in [4.78, 5) is 27.7. The lowest BCUT2D eigenvalue weighted by atomic mass is 9.70. The van der Waals surface area contributed by atoms with Crippen LogP contribution in [0.5, 0.6) is 5.75 Å². The molecule has 0 radical (unpaired) electrons. The van der Waals surface area contributed by atoms with Crippen LogP contribution in [0.4, 0.5) is 28.4 Å². The van der Waals surface area contributed by atoms with Crippen molar-refractivity contribution in [1.29, 1.82) is 0 Å². The number of carbonyl (C=O) groups is 2. The molecule has 6 aromatic carbocycles. The zero-order valence-corrected chi connectivity index (χ0v) is 41.7. The Bertz CT molecular complexity index is 2980. The van der Waals surface area contributed by atoms with E-state index in [-0.39, 0.29) is 51.6 Å². The lowest BCUT2D eigenvalue weighted by Gasteiger charge is -2.50. The number of carbonyl (C=O) groups excluding carboxylic acids is 2. The van der Waals surface area contributed by atoms with Crippen LogP contribution in [0.1, 0.15) is 64.0 Å². The predicted octanol–water partition coefficient (Wildman–Crippen LogP) is 11.3. The van der Waals surface area contributed by atoms with E-state index in [2.05, 4.69) is 98.1 Å². The smallest absolute Gasteiger partial charge is 0.294 e. The summed E-state index contributed by atoms with van der Waals surface area (Å²) in [5.74, 6) is -0.242. The largest absolute Gasteiger partial charge is 0.505 e. The van der Waals surface area contributed by atoms with Gasteiger partial charge >= 0.3 is 0 Å². The lowest BCUT2D eigenvalue weighted by Crippen LogP contribution is -2.61. The molecule has 1 aliphatic rings. The average Bonchev–Trinajstić information content (AvgIpc) is 3.35. The fraction of sp³-hybridized carbons (Fsp3) is 0.306. The van der Waals surface area contributed by atoms with E-state index >= 15 is 0 Å². The van der Waals surface area contributed by atoms with Gasteiger partial charge in [0.15, 0.2) is 0 Å². The Kier molecular flexibility index (Phi) is 17.6. The Morgan fingerprint density at radius 2 is 1.63 bits per heavy atom. The summed E-state index contributed by atoms with van der Waals surface area (Å²) in [6.07, 6.45) is 6.02. The first kappa shape index (κ1) is 52.9. The number of aryl methyl sites for hydroxylation is 2. The van der Waals surface area contributed by atoms with Gasteiger partial charge in [0.1, 0.15) is 11.4 Å². The Balaban J connectivity index is 1.06. The van der Waals surface area contributed by atoms with Gasteiger partial charge in [-0.3, -0.25) is 24.5 Å². The molecule has 8 N–H and O–H groups in total. The van der Waals surface area contributed by atoms with E-state index in [1.165, 1.54) is 34.2 Å². The second-order valence-electron chi connectivity index (χ2n) is 18.0. The predicted molar refractivity (Wildman–Crippen MR) is 272 cm³/mol. The van der Waals surface area contributed by atoms with Gasteiger partial charge in [-0.1, -0.05) is 59.0 Å². The average molecular weight is 1030 g/mol. The molecule has 6 aromatic rings. The van der Waals surface area contributed by atoms with Crippen molar-refractivity contribution in [2.45, 2.75) is 92.0 Å². The van der Waals surface area contributed by atoms with Gasteiger partial charge in [0.2, 0.25) is 12.3 Å². The van der Waals surface area contributed by atoms with Gasteiger partial charge in [0, 0.05) is 44.4 Å². The van der Waals surface area contributed by atoms with Gasteiger partial charge in [-0.2, -0.15) is 13.5 Å². The maximum atomic E-state index is 13.6. The highest BCUT2D eigenvalue weighted by atomic mass is 32.2. The fourth-order valence-corrected chi connectivity index (χ4v) is 10.5. The highest BCUT2D eigenvalue weighted by molar-refractivity contribution is 7.95. The van der Waals surface area contributed by atoms with E-state index in [0.717, 1.165) is 44.1 Å². The number of phenolic OH excluding ortho intramolecular Hbond substituents is 1. The summed E-state index contributed by atoms with van der Waals surface area (Å²) < 4.78 is 43.6. The summed E-state index contributed by atoms with van der Waals surface area (Å²) in [5, 5.41) is 53.9. The number of aromatic hydroxyl groups is 1. The van der Waals surface area contributed by atoms with E-state index in [1.54, 1.807) is 60.7 Å². The van der Waals surface area contributed by atoms with E-state index in [9.17, 15) is 27.7 Å². The Hall–Kier alpha value is -5.89. The number of phenols is 1. The normalized spacial score (nSPS) is 16.9. The minimum atomic E-state index is -4.64. The van der Waals surface area contributed by atoms with Crippen molar-refractivity contribution in [2.24, 2.45) is 16.1 Å². The summed E-state index contributed by atoms with van der Waals surface area (Å²) in [6, 6.07) is 29.0. The minimum absolute atomic E-state index is 0.0436. The van der Waals surface area contributed by atoms with Crippen LogP contribution in [0.2, 0.25) is 0 Å². The molecule has 7 rings (SSSR count). The molecule has 1 saturated heterocycles. The Morgan fingerprint density at radius 1 is 0.887 bits per heavy atom. The molecule has 71 heavy (non-hydrogen) atoms. The van der Waals surface area contributed by atoms with Crippen LogP contribution >= 0.6 is 24.1 Å². The van der Waals surface area contributed by atoms with Crippen molar-refractivity contribution in [1.82, 2.24) is 10.2 Å². The molecule has 1 aliphatic heterocycles. The first-order valence-corrected chi connectivity index (χ1v) is 25.5. The van der Waals surface area contributed by atoms with Crippen molar-refractivity contribution in [3.8, 4) is 5.75 Å². The summed E-state index contributed by atoms with van der Waals surface area (Å²) in [5.41, 5.74) is 9.70. The van der Waals surface area contributed by atoms with Crippen molar-refractivity contribution >= 4 is 96.5 Å². The fourth-order valence-electron chi connectivity index (χ4n) is 9.15. The number of azo groups is 1. The minimum Gasteiger partial charge on any atom is -0.505 e. The Labute approximate surface area is 419 Å². The van der Waals surface area contributed by atoms with Gasteiger partial charge in [0.25, 0.3) is 10.1 Å². The highest BCUT2D eigenvalue weighted by Crippen LogP contribution is 2.44. The molecule has 0 aromatic heterocycles.